The molecule has 0 N–H and O–H groups in total. The molecule has 1 nitrogen and oxygen atoms in total. The summed E-state index contributed by atoms with van der Waals surface area (Å²) in [6.45, 7) is 27.9. The first-order chi connectivity index (χ1) is 14.4. The second-order valence-electron chi connectivity index (χ2n) is 13.5. The van der Waals surface area contributed by atoms with Gasteiger partial charge in [0.1, 0.15) is 5.75 Å². The van der Waals surface area contributed by atoms with Gasteiger partial charge in [0.15, 0.2) is 0 Å². The van der Waals surface area contributed by atoms with Crippen LogP contribution in [0.1, 0.15) is 106 Å². The van der Waals surface area contributed by atoms with Gasteiger partial charge in [-0.2, -0.15) is 0 Å². The molecular formula is C31H50O. The van der Waals surface area contributed by atoms with Gasteiger partial charge in [0.05, 0.1) is 7.11 Å². The van der Waals surface area contributed by atoms with Gasteiger partial charge in [0.25, 0.3) is 0 Å². The quantitative estimate of drug-likeness (QED) is 0.463. The van der Waals surface area contributed by atoms with Crippen LogP contribution in [0.5, 0.6) is 5.75 Å². The van der Waals surface area contributed by atoms with Crippen molar-refractivity contribution in [2.24, 2.45) is 21.7 Å². The molecule has 0 heterocycles. The third-order valence-corrected chi connectivity index (χ3v) is 6.05. The third kappa shape index (κ3) is 8.30. The van der Waals surface area contributed by atoms with E-state index in [1.807, 2.05) is 0 Å². The first kappa shape index (κ1) is 28.3. The van der Waals surface area contributed by atoms with Gasteiger partial charge in [-0.3, -0.25) is 0 Å². The maximum atomic E-state index is 5.22. The summed E-state index contributed by atoms with van der Waals surface area (Å²) in [6.07, 6.45) is 0. The van der Waals surface area contributed by atoms with Crippen LogP contribution in [-0.2, 0) is 0 Å². The summed E-state index contributed by atoms with van der Waals surface area (Å²) in [4.78, 5) is 0. The lowest BCUT2D eigenvalue weighted by molar-refractivity contribution is 0.176. The van der Waals surface area contributed by atoms with Crippen molar-refractivity contribution in [2.45, 2.75) is 94.9 Å². The van der Waals surface area contributed by atoms with E-state index in [1.54, 1.807) is 7.11 Å². The van der Waals surface area contributed by atoms with Crippen molar-refractivity contribution in [3.63, 3.8) is 0 Å². The molecule has 2 aromatic carbocycles. The second-order valence-corrected chi connectivity index (χ2v) is 13.5. The summed E-state index contributed by atoms with van der Waals surface area (Å²) in [6, 6.07) is 19.4. The van der Waals surface area contributed by atoms with Crippen molar-refractivity contribution in [3.05, 3.63) is 65.7 Å². The van der Waals surface area contributed by atoms with E-state index in [-0.39, 0.29) is 10.8 Å². The summed E-state index contributed by atoms with van der Waals surface area (Å²) in [7, 11) is 1.71. The van der Waals surface area contributed by atoms with Gasteiger partial charge >= 0.3 is 0 Å². The predicted octanol–water partition coefficient (Wildman–Crippen LogP) is 9.73. The number of benzene rings is 2. The van der Waals surface area contributed by atoms with Gasteiger partial charge in [-0.25, -0.2) is 0 Å². The van der Waals surface area contributed by atoms with E-state index in [4.69, 9.17) is 4.74 Å². The summed E-state index contributed by atoms with van der Waals surface area (Å²) in [5.74, 6) is 2.04. The molecule has 1 heteroatoms. The van der Waals surface area contributed by atoms with E-state index in [0.29, 0.717) is 22.7 Å². The Morgan fingerprint density at radius 3 is 1.06 bits per heavy atom. The largest absolute Gasteiger partial charge is 0.497 e. The SMILES string of the molecule is CC(C)(C)C(c1ccccc1)C(C)(C)C.COc1ccc(C(C(C)(C)C)C(C)(C)C)cc1. The van der Waals surface area contributed by atoms with Crippen molar-refractivity contribution >= 4 is 0 Å². The summed E-state index contributed by atoms with van der Waals surface area (Å²) >= 11 is 0. The van der Waals surface area contributed by atoms with Gasteiger partial charge in [-0.15, -0.1) is 0 Å². The normalized spacial score (nSPS) is 13.1. The van der Waals surface area contributed by atoms with Crippen LogP contribution in [0.2, 0.25) is 0 Å². The van der Waals surface area contributed by atoms with E-state index in [1.165, 1.54) is 11.1 Å². The van der Waals surface area contributed by atoms with Gasteiger partial charge in [-0.1, -0.05) is 126 Å². The zero-order valence-electron chi connectivity index (χ0n) is 23.3. The Morgan fingerprint density at radius 2 is 0.781 bits per heavy atom. The smallest absolute Gasteiger partial charge is 0.118 e. The Hall–Kier alpha value is -1.76. The number of methoxy groups -OCH3 is 1. The fourth-order valence-electron chi connectivity index (χ4n) is 6.04. The van der Waals surface area contributed by atoms with E-state index in [2.05, 4.69) is 138 Å². The highest BCUT2D eigenvalue weighted by Crippen LogP contribution is 2.48. The zero-order valence-corrected chi connectivity index (χ0v) is 23.3. The summed E-state index contributed by atoms with van der Waals surface area (Å²) in [5.41, 5.74) is 3.97. The fraction of sp³-hybridized carbons (Fsp3) is 0.613. The number of hydrogen-bond donors (Lipinski definition) is 0. The zero-order chi connectivity index (χ0) is 25.0. The highest BCUT2D eigenvalue weighted by Gasteiger charge is 2.36. The maximum absolute atomic E-state index is 5.22. The first-order valence-electron chi connectivity index (χ1n) is 12.1. The summed E-state index contributed by atoms with van der Waals surface area (Å²) < 4.78 is 5.22. The molecule has 0 bridgehead atoms. The molecule has 0 aliphatic carbocycles. The van der Waals surface area contributed by atoms with E-state index in [0.717, 1.165) is 5.75 Å². The highest BCUT2D eigenvalue weighted by atomic mass is 16.5. The molecule has 2 aromatic rings. The lowest BCUT2D eigenvalue weighted by atomic mass is 9.64. The minimum Gasteiger partial charge on any atom is -0.497 e. The van der Waals surface area contributed by atoms with Gasteiger partial charge in [0, 0.05) is 0 Å². The van der Waals surface area contributed by atoms with Crippen LogP contribution in [0.15, 0.2) is 54.6 Å². The van der Waals surface area contributed by atoms with Crippen LogP contribution in [0, 0.1) is 21.7 Å². The average Bonchev–Trinajstić information content (AvgIpc) is 2.59. The molecule has 0 saturated carbocycles. The Kier molecular flexibility index (Phi) is 9.23. The molecule has 0 atom stereocenters. The maximum Gasteiger partial charge on any atom is 0.118 e. The second kappa shape index (κ2) is 10.4. The number of ether oxygens (including phenoxy) is 1. The first-order valence-corrected chi connectivity index (χ1v) is 12.1. The minimum atomic E-state index is 0.257. The molecule has 180 valence electrons. The highest BCUT2D eigenvalue weighted by molar-refractivity contribution is 5.31. The molecule has 0 saturated heterocycles. The lowest BCUT2D eigenvalue weighted by Crippen LogP contribution is -2.30. The summed E-state index contributed by atoms with van der Waals surface area (Å²) in [5, 5.41) is 0. The molecule has 0 amide bonds. The number of hydrogen-bond acceptors (Lipinski definition) is 1. The topological polar surface area (TPSA) is 9.23 Å². The standard InChI is InChI=1S/C16H26O.C15H24/c1-15(2,3)14(16(4,5)6)12-8-10-13(17-7)11-9-12;1-14(2,3)13(15(4,5)6)12-10-8-7-9-11-12/h8-11,14H,1-7H3;7-11,13H,1-6H3. The Morgan fingerprint density at radius 1 is 0.469 bits per heavy atom. The van der Waals surface area contributed by atoms with E-state index < -0.39 is 0 Å². The Balaban J connectivity index is 0.000000323. The van der Waals surface area contributed by atoms with Crippen LogP contribution in [-0.4, -0.2) is 7.11 Å². The third-order valence-electron chi connectivity index (χ3n) is 6.05. The number of rotatable bonds is 3. The molecule has 0 unspecified atom stereocenters. The Labute approximate surface area is 200 Å². The van der Waals surface area contributed by atoms with Crippen molar-refractivity contribution in [2.75, 3.05) is 7.11 Å². The lowest BCUT2D eigenvalue weighted by Gasteiger charge is -2.41. The van der Waals surface area contributed by atoms with Gasteiger partial charge < -0.3 is 4.74 Å². The molecule has 0 aliphatic rings. The van der Waals surface area contributed by atoms with E-state index >= 15 is 0 Å². The molecule has 0 fully saturated rings. The minimum absolute atomic E-state index is 0.257. The molecule has 0 aromatic heterocycles. The average molecular weight is 439 g/mol. The molecule has 0 radical (unpaired) electrons. The van der Waals surface area contributed by atoms with Crippen LogP contribution < -0.4 is 4.74 Å². The van der Waals surface area contributed by atoms with Crippen molar-refractivity contribution in [1.82, 2.24) is 0 Å². The van der Waals surface area contributed by atoms with Crippen LogP contribution in [0.4, 0.5) is 0 Å². The van der Waals surface area contributed by atoms with Crippen molar-refractivity contribution in [3.8, 4) is 5.75 Å². The monoisotopic (exact) mass is 438 g/mol. The molecular weight excluding hydrogens is 388 g/mol. The molecule has 32 heavy (non-hydrogen) atoms. The van der Waals surface area contributed by atoms with Crippen molar-refractivity contribution < 1.29 is 4.74 Å². The van der Waals surface area contributed by atoms with Gasteiger partial charge in [-0.05, 0) is 56.8 Å². The molecule has 0 aliphatic heterocycles. The fourth-order valence-corrected chi connectivity index (χ4v) is 6.04. The molecule has 0 spiro atoms. The van der Waals surface area contributed by atoms with E-state index in [9.17, 15) is 0 Å². The van der Waals surface area contributed by atoms with Crippen molar-refractivity contribution in [1.29, 1.82) is 0 Å². The van der Waals surface area contributed by atoms with Crippen LogP contribution in [0.25, 0.3) is 0 Å². The Bertz CT molecular complexity index is 759. The van der Waals surface area contributed by atoms with Gasteiger partial charge in [0.2, 0.25) is 0 Å². The predicted molar refractivity (Wildman–Crippen MR) is 143 cm³/mol. The van der Waals surface area contributed by atoms with Crippen LogP contribution >= 0.6 is 0 Å². The molecule has 2 rings (SSSR count). The van der Waals surface area contributed by atoms with Crippen LogP contribution in [0.3, 0.4) is 0 Å².